The molecule has 0 saturated heterocycles. The van der Waals surface area contributed by atoms with Crippen LogP contribution in [0.2, 0.25) is 0 Å². The maximum Gasteiger partial charge on any atom is 0.198 e. The van der Waals surface area contributed by atoms with Crippen LogP contribution in [-0.4, -0.2) is 15.9 Å². The Hall–Kier alpha value is -4.76. The van der Waals surface area contributed by atoms with Gasteiger partial charge in [-0.25, -0.2) is 4.85 Å². The molecule has 1 N–H and O–H groups in total. The minimum Gasteiger partial charge on any atom is -0.512 e. The van der Waals surface area contributed by atoms with Gasteiger partial charge in [0.05, 0.1) is 17.9 Å². The number of furan rings is 2. The fourth-order valence-electron chi connectivity index (χ4n) is 6.66. The van der Waals surface area contributed by atoms with Crippen LogP contribution in [-0.2, 0) is 24.9 Å². The molecule has 251 valence electrons. The van der Waals surface area contributed by atoms with Crippen molar-refractivity contribution < 1.29 is 38.8 Å². The molecule has 49 heavy (non-hydrogen) atoms. The van der Waals surface area contributed by atoms with E-state index in [1.165, 1.54) is 6.08 Å². The monoisotopic (exact) mass is 828 g/mol. The molecule has 0 unspecified atom stereocenters. The number of aryl methyl sites for hydroxylation is 1. The number of benzene rings is 4. The number of carbonyl (C=O) groups is 1. The Labute approximate surface area is 300 Å². The zero-order valence-electron chi connectivity index (χ0n) is 28.4. The van der Waals surface area contributed by atoms with Gasteiger partial charge in [-0.05, 0) is 55.0 Å². The molecule has 1 radical (unpaired) electrons. The standard InChI is InChI=1S/C29H15N2O2.C13H24O2.Ir/c1-16-14-21-17-6-3-4-8-24(17)32-29(21)22(15-16)27-18-10-11-20-26-23(30-2)7-5-9-25(26)33-28(20)19(18)12-13-31-27;1-5-10(6-2)12(14)9-13(15)11(7-3)8-4;/h3-14H,1H3;9-11,14H,5-8H2,1-4H3;/q-1;;/b;12-9-;. The second-order valence-electron chi connectivity index (χ2n) is 12.2. The van der Waals surface area contributed by atoms with Gasteiger partial charge in [0.2, 0.25) is 0 Å². The van der Waals surface area contributed by atoms with Crippen LogP contribution in [0, 0.1) is 31.4 Å². The molecule has 6 nitrogen and oxygen atoms in total. The molecule has 0 spiro atoms. The number of aliphatic hydroxyl groups excluding tert-OH is 1. The van der Waals surface area contributed by atoms with E-state index in [9.17, 15) is 9.90 Å². The van der Waals surface area contributed by atoms with E-state index in [2.05, 4.69) is 29.1 Å². The van der Waals surface area contributed by atoms with E-state index in [4.69, 9.17) is 20.4 Å². The van der Waals surface area contributed by atoms with Crippen molar-refractivity contribution in [3.8, 4) is 11.3 Å². The Morgan fingerprint density at radius 1 is 0.837 bits per heavy atom. The van der Waals surface area contributed by atoms with E-state index in [1.54, 1.807) is 6.20 Å². The van der Waals surface area contributed by atoms with E-state index >= 15 is 0 Å². The Morgan fingerprint density at radius 2 is 1.51 bits per heavy atom. The van der Waals surface area contributed by atoms with Gasteiger partial charge in [0, 0.05) is 65.8 Å². The average molecular weight is 828 g/mol. The van der Waals surface area contributed by atoms with Gasteiger partial charge < -0.3 is 18.9 Å². The number of allylic oxidation sites excluding steroid dienone is 2. The van der Waals surface area contributed by atoms with Crippen molar-refractivity contribution in [2.75, 3.05) is 0 Å². The maximum absolute atomic E-state index is 11.7. The molecule has 0 fully saturated rings. The van der Waals surface area contributed by atoms with E-state index in [0.717, 1.165) is 91.6 Å². The van der Waals surface area contributed by atoms with E-state index in [1.807, 2.05) is 83.1 Å². The molecule has 0 aliphatic heterocycles. The fourth-order valence-corrected chi connectivity index (χ4v) is 6.66. The molecule has 0 saturated carbocycles. The number of aromatic nitrogens is 1. The van der Waals surface area contributed by atoms with Crippen LogP contribution in [0.25, 0.3) is 70.8 Å². The minimum atomic E-state index is 0. The van der Waals surface area contributed by atoms with Gasteiger partial charge in [-0.15, -0.1) is 17.7 Å². The predicted molar refractivity (Wildman–Crippen MR) is 195 cm³/mol. The summed E-state index contributed by atoms with van der Waals surface area (Å²) >= 11 is 0. The summed E-state index contributed by atoms with van der Waals surface area (Å²) in [5, 5.41) is 15.6. The molecule has 0 aliphatic carbocycles. The van der Waals surface area contributed by atoms with Crippen LogP contribution in [0.5, 0.6) is 0 Å². The number of rotatable bonds is 8. The number of para-hydroxylation sites is 1. The Morgan fingerprint density at radius 3 is 2.22 bits per heavy atom. The van der Waals surface area contributed by atoms with Crippen LogP contribution < -0.4 is 0 Å². The molecular weight excluding hydrogens is 789 g/mol. The number of hydrogen-bond donors (Lipinski definition) is 1. The van der Waals surface area contributed by atoms with Gasteiger partial charge in [-0.3, -0.25) is 4.79 Å². The molecule has 0 atom stereocenters. The first-order valence-electron chi connectivity index (χ1n) is 16.7. The third kappa shape index (κ3) is 6.64. The number of nitrogens with zero attached hydrogens (tertiary/aromatic N) is 2. The van der Waals surface area contributed by atoms with E-state index < -0.39 is 0 Å². The third-order valence-electron chi connectivity index (χ3n) is 9.36. The largest absolute Gasteiger partial charge is 0.512 e. The first kappa shape index (κ1) is 35.5. The molecule has 0 amide bonds. The van der Waals surface area contributed by atoms with Crippen LogP contribution in [0.15, 0.2) is 93.6 Å². The van der Waals surface area contributed by atoms with Crippen molar-refractivity contribution in [3.05, 3.63) is 108 Å². The molecule has 4 aromatic carbocycles. The number of fused-ring (bicyclic) bond motifs is 8. The first-order valence-corrected chi connectivity index (χ1v) is 16.7. The summed E-state index contributed by atoms with van der Waals surface area (Å²) in [6.45, 7) is 17.7. The summed E-state index contributed by atoms with van der Waals surface area (Å²) in [5.74, 6) is 0.547. The fraction of sp³-hybridized carbons (Fsp3) is 0.262. The Balaban J connectivity index is 0.000000252. The zero-order chi connectivity index (χ0) is 33.9. The van der Waals surface area contributed by atoms with Crippen LogP contribution in [0.3, 0.4) is 0 Å². The summed E-state index contributed by atoms with van der Waals surface area (Å²) in [7, 11) is 0. The summed E-state index contributed by atoms with van der Waals surface area (Å²) in [6.07, 6.45) is 6.70. The zero-order valence-corrected chi connectivity index (χ0v) is 30.8. The quantitative estimate of drug-likeness (QED) is 0.0937. The summed E-state index contributed by atoms with van der Waals surface area (Å²) < 4.78 is 12.5. The number of carbonyl (C=O) groups excluding carboxylic acids is 1. The summed E-state index contributed by atoms with van der Waals surface area (Å²) in [5.41, 5.74) is 6.35. The second-order valence-corrected chi connectivity index (χ2v) is 12.2. The summed E-state index contributed by atoms with van der Waals surface area (Å²) in [6, 6.07) is 25.3. The normalized spacial score (nSPS) is 11.8. The topological polar surface area (TPSA) is 80.8 Å². The molecule has 7 heteroatoms. The number of hydrogen-bond acceptors (Lipinski definition) is 5. The van der Waals surface area contributed by atoms with Gasteiger partial charge >= 0.3 is 0 Å². The second kappa shape index (κ2) is 15.2. The van der Waals surface area contributed by atoms with E-state index in [-0.39, 0.29) is 43.5 Å². The van der Waals surface area contributed by atoms with Gasteiger partial charge in [-0.2, -0.15) is 0 Å². The molecule has 0 bridgehead atoms. The SMILES string of the molecule is CCC(CC)C(=O)/C=C(\O)C(CC)CC.[C-]#[N+]c1cccc2oc3c4ccnc(-c5[c-]c(C)cc6c5oc5ccccc56)c4ccc3c12.[Ir]. The summed E-state index contributed by atoms with van der Waals surface area (Å²) in [4.78, 5) is 20.2. The average Bonchev–Trinajstić information content (AvgIpc) is 3.68. The number of ketones is 1. The number of aliphatic hydroxyl groups is 1. The van der Waals surface area contributed by atoms with Crippen molar-refractivity contribution >= 4 is 66.1 Å². The van der Waals surface area contributed by atoms with Crippen LogP contribution >= 0.6 is 0 Å². The van der Waals surface area contributed by atoms with Crippen LogP contribution in [0.1, 0.15) is 58.9 Å². The van der Waals surface area contributed by atoms with Crippen LogP contribution in [0.4, 0.5) is 5.69 Å². The maximum atomic E-state index is 11.7. The van der Waals surface area contributed by atoms with Gasteiger partial charge in [0.15, 0.2) is 11.5 Å². The van der Waals surface area contributed by atoms with Crippen molar-refractivity contribution in [1.82, 2.24) is 4.98 Å². The Kier molecular flexibility index (Phi) is 11.0. The van der Waals surface area contributed by atoms with Gasteiger partial charge in [-0.1, -0.05) is 88.0 Å². The molecular formula is C42H39IrN2O4-. The molecule has 3 aromatic heterocycles. The molecule has 7 aromatic rings. The van der Waals surface area contributed by atoms with Crippen molar-refractivity contribution in [2.45, 2.75) is 60.3 Å². The molecule has 0 aliphatic rings. The minimum absolute atomic E-state index is 0. The first-order chi connectivity index (χ1) is 23.3. The van der Waals surface area contributed by atoms with Gasteiger partial charge in [0.1, 0.15) is 16.7 Å². The molecule has 3 heterocycles. The van der Waals surface area contributed by atoms with Gasteiger partial charge in [0.25, 0.3) is 0 Å². The van der Waals surface area contributed by atoms with E-state index in [0.29, 0.717) is 11.3 Å². The Bertz CT molecular complexity index is 2370. The molecule has 7 rings (SSSR count). The van der Waals surface area contributed by atoms with Crippen molar-refractivity contribution in [2.24, 2.45) is 11.8 Å². The predicted octanol–water partition coefficient (Wildman–Crippen LogP) is 12.2. The smallest absolute Gasteiger partial charge is 0.198 e. The van der Waals surface area contributed by atoms with Crippen molar-refractivity contribution in [3.63, 3.8) is 0 Å². The number of pyridine rings is 1. The third-order valence-corrected chi connectivity index (χ3v) is 9.36. The van der Waals surface area contributed by atoms with Crippen molar-refractivity contribution in [1.29, 1.82) is 0 Å².